The number of rotatable bonds is 0. The summed E-state index contributed by atoms with van der Waals surface area (Å²) in [5, 5.41) is 0. The van der Waals surface area contributed by atoms with E-state index < -0.39 is 0 Å². The molecule has 1 aliphatic rings. The summed E-state index contributed by atoms with van der Waals surface area (Å²) in [5.41, 5.74) is 1.80. The van der Waals surface area contributed by atoms with Crippen LogP contribution in [-0.4, -0.2) is 0 Å². The van der Waals surface area contributed by atoms with Crippen molar-refractivity contribution in [3.05, 3.63) is 0 Å². The molecule has 1 fully saturated rings. The topological polar surface area (TPSA) is 0 Å². The number of hydrogen-bond acceptors (Lipinski definition) is 0. The molecule has 0 aromatic rings. The highest BCUT2D eigenvalue weighted by Gasteiger charge is 2.42. The second-order valence-corrected chi connectivity index (χ2v) is 10.9. The van der Waals surface area contributed by atoms with E-state index in [2.05, 4.69) is 69.2 Å². The van der Waals surface area contributed by atoms with Crippen LogP contribution in [0.15, 0.2) is 0 Å². The molecule has 1 saturated carbocycles. The van der Waals surface area contributed by atoms with Crippen LogP contribution in [0.25, 0.3) is 0 Å². The van der Waals surface area contributed by atoms with Crippen LogP contribution < -0.4 is 0 Å². The summed E-state index contributed by atoms with van der Waals surface area (Å²) in [6.07, 6.45) is 5.40. The van der Waals surface area contributed by atoms with Gasteiger partial charge < -0.3 is 0 Å². The first-order valence-corrected chi connectivity index (χ1v) is 8.67. The van der Waals surface area contributed by atoms with Crippen LogP contribution in [0, 0.1) is 33.5 Å². The average molecular weight is 281 g/mol. The van der Waals surface area contributed by atoms with Gasteiger partial charge in [0.1, 0.15) is 0 Å². The van der Waals surface area contributed by atoms with Crippen molar-refractivity contribution in [1.29, 1.82) is 0 Å². The molecule has 0 aromatic carbocycles. The van der Waals surface area contributed by atoms with E-state index in [-0.39, 0.29) is 0 Å². The molecule has 0 aliphatic heterocycles. The molecule has 120 valence electrons. The molecule has 0 aromatic heterocycles. The lowest BCUT2D eigenvalue weighted by Gasteiger charge is -2.49. The maximum absolute atomic E-state index is 2.50. The van der Waals surface area contributed by atoms with Crippen LogP contribution >= 0.6 is 0 Å². The Labute approximate surface area is 129 Å². The highest BCUT2D eigenvalue weighted by molar-refractivity contribution is 4.93. The molecule has 0 N–H and O–H groups in total. The summed E-state index contributed by atoms with van der Waals surface area (Å²) >= 11 is 0. The lowest BCUT2D eigenvalue weighted by Crippen LogP contribution is -2.39. The molecular formula is C20H40. The van der Waals surface area contributed by atoms with E-state index in [1.54, 1.807) is 0 Å². The van der Waals surface area contributed by atoms with Gasteiger partial charge in [0.2, 0.25) is 0 Å². The normalized spacial score (nSPS) is 36.3. The van der Waals surface area contributed by atoms with Crippen molar-refractivity contribution in [1.82, 2.24) is 0 Å². The molecule has 0 heteroatoms. The number of hydrogen-bond donors (Lipinski definition) is 0. The fraction of sp³-hybridized carbons (Fsp3) is 1.00. The first kappa shape index (κ1) is 18.1. The average Bonchev–Trinajstić information content (AvgIpc) is 2.10. The van der Waals surface area contributed by atoms with Crippen LogP contribution in [0.5, 0.6) is 0 Å². The standard InChI is InChI=1S/C20H40/c1-15-11-17(3,4)13-18(5,6)12-16(2)20(9,10)14-19(15,7)8/h15-16H,11-14H2,1-10H3. The summed E-state index contributed by atoms with van der Waals surface area (Å²) < 4.78 is 0. The third kappa shape index (κ3) is 4.50. The second kappa shape index (κ2) is 5.33. The Morgan fingerprint density at radius 3 is 1.15 bits per heavy atom. The van der Waals surface area contributed by atoms with Gasteiger partial charge >= 0.3 is 0 Å². The molecule has 0 spiro atoms. The van der Waals surface area contributed by atoms with E-state index in [9.17, 15) is 0 Å². The molecule has 2 unspecified atom stereocenters. The van der Waals surface area contributed by atoms with Gasteiger partial charge in [-0.15, -0.1) is 0 Å². The predicted octanol–water partition coefficient (Wildman–Crippen LogP) is 6.94. The van der Waals surface area contributed by atoms with Gasteiger partial charge in [0.25, 0.3) is 0 Å². The third-order valence-corrected chi connectivity index (χ3v) is 6.25. The van der Waals surface area contributed by atoms with Crippen LogP contribution in [0.1, 0.15) is 94.9 Å². The molecule has 0 heterocycles. The Balaban J connectivity index is 3.13. The van der Waals surface area contributed by atoms with Gasteiger partial charge in [-0.05, 0) is 59.2 Å². The van der Waals surface area contributed by atoms with Crippen molar-refractivity contribution in [2.45, 2.75) is 94.9 Å². The first-order valence-electron chi connectivity index (χ1n) is 8.67. The Kier molecular flexibility index (Phi) is 4.81. The van der Waals surface area contributed by atoms with E-state index in [1.165, 1.54) is 25.7 Å². The highest BCUT2D eigenvalue weighted by atomic mass is 14.5. The minimum absolute atomic E-state index is 0.441. The van der Waals surface area contributed by atoms with E-state index in [0.29, 0.717) is 21.7 Å². The zero-order valence-corrected chi connectivity index (χ0v) is 16.0. The molecule has 1 rings (SSSR count). The van der Waals surface area contributed by atoms with Crippen molar-refractivity contribution in [2.75, 3.05) is 0 Å². The van der Waals surface area contributed by atoms with Crippen molar-refractivity contribution in [2.24, 2.45) is 33.5 Å². The summed E-state index contributed by atoms with van der Waals surface area (Å²) in [6.45, 7) is 24.9. The Morgan fingerprint density at radius 2 is 0.850 bits per heavy atom. The SMILES string of the molecule is CC1CC(C)(C)CC(C)(C)CC(C)C(C)(C)CC1(C)C. The monoisotopic (exact) mass is 280 g/mol. The van der Waals surface area contributed by atoms with E-state index in [0.717, 1.165) is 11.8 Å². The van der Waals surface area contributed by atoms with Gasteiger partial charge in [0.05, 0.1) is 0 Å². The Morgan fingerprint density at radius 1 is 0.550 bits per heavy atom. The fourth-order valence-corrected chi connectivity index (χ4v) is 5.17. The van der Waals surface area contributed by atoms with Gasteiger partial charge in [-0.25, -0.2) is 0 Å². The van der Waals surface area contributed by atoms with Crippen molar-refractivity contribution >= 4 is 0 Å². The molecule has 0 radical (unpaired) electrons. The largest absolute Gasteiger partial charge is 0.0620 e. The molecule has 2 atom stereocenters. The Bertz CT molecular complexity index is 298. The zero-order chi connectivity index (χ0) is 16.0. The Hall–Kier alpha value is 0. The van der Waals surface area contributed by atoms with Gasteiger partial charge in [-0.2, -0.15) is 0 Å². The molecule has 20 heavy (non-hydrogen) atoms. The van der Waals surface area contributed by atoms with Crippen LogP contribution in [0.2, 0.25) is 0 Å². The van der Waals surface area contributed by atoms with Gasteiger partial charge in [0, 0.05) is 0 Å². The van der Waals surface area contributed by atoms with Crippen molar-refractivity contribution in [3.8, 4) is 0 Å². The lowest BCUT2D eigenvalue weighted by atomic mass is 9.56. The summed E-state index contributed by atoms with van der Waals surface area (Å²) in [5.74, 6) is 1.58. The maximum atomic E-state index is 2.50. The highest BCUT2D eigenvalue weighted by Crippen LogP contribution is 2.52. The van der Waals surface area contributed by atoms with Crippen LogP contribution in [0.4, 0.5) is 0 Å². The summed E-state index contributed by atoms with van der Waals surface area (Å²) in [6, 6.07) is 0. The van der Waals surface area contributed by atoms with Gasteiger partial charge in [-0.1, -0.05) is 69.2 Å². The van der Waals surface area contributed by atoms with Crippen molar-refractivity contribution < 1.29 is 0 Å². The summed E-state index contributed by atoms with van der Waals surface area (Å²) in [4.78, 5) is 0. The minimum atomic E-state index is 0.441. The van der Waals surface area contributed by atoms with Crippen molar-refractivity contribution in [3.63, 3.8) is 0 Å². The van der Waals surface area contributed by atoms with E-state index >= 15 is 0 Å². The van der Waals surface area contributed by atoms with E-state index in [4.69, 9.17) is 0 Å². The van der Waals surface area contributed by atoms with Gasteiger partial charge in [0.15, 0.2) is 0 Å². The first-order chi connectivity index (χ1) is 8.67. The quantitative estimate of drug-likeness (QED) is 0.451. The zero-order valence-electron chi connectivity index (χ0n) is 16.0. The van der Waals surface area contributed by atoms with E-state index in [1.807, 2.05) is 0 Å². The third-order valence-electron chi connectivity index (χ3n) is 6.25. The molecule has 1 aliphatic carbocycles. The summed E-state index contributed by atoms with van der Waals surface area (Å²) in [7, 11) is 0. The molecule has 0 bridgehead atoms. The molecule has 0 nitrogen and oxygen atoms in total. The van der Waals surface area contributed by atoms with Gasteiger partial charge in [-0.3, -0.25) is 0 Å². The molecule has 0 amide bonds. The molecular weight excluding hydrogens is 240 g/mol. The minimum Gasteiger partial charge on any atom is -0.0620 e. The van der Waals surface area contributed by atoms with Crippen LogP contribution in [0.3, 0.4) is 0 Å². The second-order valence-electron chi connectivity index (χ2n) is 10.9. The molecule has 0 saturated heterocycles. The smallest absolute Gasteiger partial charge is 0.0323 e. The predicted molar refractivity (Wildman–Crippen MR) is 91.9 cm³/mol. The van der Waals surface area contributed by atoms with Crippen LogP contribution in [-0.2, 0) is 0 Å². The fourth-order valence-electron chi connectivity index (χ4n) is 5.17. The lowest BCUT2D eigenvalue weighted by molar-refractivity contribution is 0.0138. The maximum Gasteiger partial charge on any atom is -0.0323 e.